The molecule has 0 aliphatic heterocycles. The van der Waals surface area contributed by atoms with E-state index in [1.807, 2.05) is 32.9 Å². The van der Waals surface area contributed by atoms with E-state index in [2.05, 4.69) is 10.2 Å². The highest BCUT2D eigenvalue weighted by Crippen LogP contribution is 2.35. The number of fused-ring (bicyclic) bond motifs is 1. The van der Waals surface area contributed by atoms with Crippen LogP contribution in [0.1, 0.15) is 16.7 Å². The van der Waals surface area contributed by atoms with Crippen molar-refractivity contribution in [1.82, 2.24) is 9.38 Å². The number of hydrogen-bond acceptors (Lipinski definition) is 3. The molecule has 0 aliphatic carbocycles. The van der Waals surface area contributed by atoms with Crippen molar-refractivity contribution in [2.24, 2.45) is 5.18 Å². The molecule has 0 saturated carbocycles. The first-order valence-electron chi connectivity index (χ1n) is 6.60. The Morgan fingerprint density at radius 3 is 2.43 bits per heavy atom. The summed E-state index contributed by atoms with van der Waals surface area (Å²) in [5, 5.41) is 3.06. The van der Waals surface area contributed by atoms with Crippen molar-refractivity contribution < 1.29 is 4.39 Å². The standard InChI is InChI=1S/C16H14FN3O/c1-9-6-10(2)14(11(3)7-9)15-16(19-21)20-8-12(17)4-5-13(20)18-15/h4-8H,1-3H3. The van der Waals surface area contributed by atoms with Gasteiger partial charge in [-0.2, -0.15) is 0 Å². The molecule has 5 heteroatoms. The van der Waals surface area contributed by atoms with Crippen molar-refractivity contribution >= 4 is 11.5 Å². The molecule has 0 unspecified atom stereocenters. The van der Waals surface area contributed by atoms with Crippen LogP contribution in [0.3, 0.4) is 0 Å². The molecule has 4 nitrogen and oxygen atoms in total. The van der Waals surface area contributed by atoms with Crippen molar-refractivity contribution in [3.63, 3.8) is 0 Å². The lowest BCUT2D eigenvalue weighted by molar-refractivity contribution is 0.619. The zero-order valence-corrected chi connectivity index (χ0v) is 12.0. The van der Waals surface area contributed by atoms with Crippen molar-refractivity contribution in [2.45, 2.75) is 20.8 Å². The number of pyridine rings is 1. The average molecular weight is 283 g/mol. The number of nitrogens with zero attached hydrogens (tertiary/aromatic N) is 3. The quantitative estimate of drug-likeness (QED) is 0.652. The molecule has 0 spiro atoms. The van der Waals surface area contributed by atoms with Gasteiger partial charge in [-0.3, -0.25) is 4.40 Å². The lowest BCUT2D eigenvalue weighted by atomic mass is 9.97. The molecule has 0 bridgehead atoms. The summed E-state index contributed by atoms with van der Waals surface area (Å²) in [6, 6.07) is 6.91. The number of benzene rings is 1. The molecule has 1 aromatic carbocycles. The third kappa shape index (κ3) is 2.11. The number of rotatable bonds is 2. The van der Waals surface area contributed by atoms with Crippen LogP contribution >= 0.6 is 0 Å². The Hall–Kier alpha value is -2.56. The summed E-state index contributed by atoms with van der Waals surface area (Å²) >= 11 is 0. The van der Waals surface area contributed by atoms with E-state index in [1.54, 1.807) is 0 Å². The summed E-state index contributed by atoms with van der Waals surface area (Å²) in [7, 11) is 0. The summed E-state index contributed by atoms with van der Waals surface area (Å²) < 4.78 is 14.8. The predicted octanol–water partition coefficient (Wildman–Crippen LogP) is 4.46. The molecule has 0 fully saturated rings. The van der Waals surface area contributed by atoms with Crippen molar-refractivity contribution in [3.8, 4) is 11.3 Å². The van der Waals surface area contributed by atoms with Gasteiger partial charge in [0.2, 0.25) is 5.82 Å². The second-order valence-electron chi connectivity index (χ2n) is 5.22. The third-order valence-electron chi connectivity index (χ3n) is 3.56. The highest BCUT2D eigenvalue weighted by molar-refractivity contribution is 5.79. The van der Waals surface area contributed by atoms with Crippen molar-refractivity contribution in [3.05, 3.63) is 57.9 Å². The molecule has 0 saturated heterocycles. The van der Waals surface area contributed by atoms with E-state index in [0.717, 1.165) is 22.3 Å². The van der Waals surface area contributed by atoms with Crippen LogP contribution in [0.2, 0.25) is 0 Å². The van der Waals surface area contributed by atoms with Crippen LogP contribution in [-0.4, -0.2) is 9.38 Å². The minimum atomic E-state index is -0.436. The summed E-state index contributed by atoms with van der Waals surface area (Å²) in [4.78, 5) is 15.7. The van der Waals surface area contributed by atoms with E-state index >= 15 is 0 Å². The van der Waals surface area contributed by atoms with Gasteiger partial charge in [0.25, 0.3) is 0 Å². The highest BCUT2D eigenvalue weighted by atomic mass is 19.1. The molecule has 0 amide bonds. The second kappa shape index (κ2) is 4.77. The Labute approximate surface area is 121 Å². The van der Waals surface area contributed by atoms with Crippen LogP contribution in [0.15, 0.2) is 35.6 Å². The maximum absolute atomic E-state index is 13.4. The number of nitroso groups, excluding NO2 is 1. The molecule has 21 heavy (non-hydrogen) atoms. The number of aryl methyl sites for hydroxylation is 3. The molecule has 0 aliphatic rings. The number of hydrogen-bond donors (Lipinski definition) is 0. The van der Waals surface area contributed by atoms with Crippen LogP contribution in [0.4, 0.5) is 10.2 Å². The molecule has 0 radical (unpaired) electrons. The Bertz CT molecular complexity index is 844. The first kappa shape index (κ1) is 13.4. The van der Waals surface area contributed by atoms with Crippen molar-refractivity contribution in [1.29, 1.82) is 0 Å². The van der Waals surface area contributed by atoms with Gasteiger partial charge in [0.1, 0.15) is 17.2 Å². The fourth-order valence-corrected chi connectivity index (χ4v) is 2.81. The Kier molecular flexibility index (Phi) is 3.05. The van der Waals surface area contributed by atoms with E-state index in [9.17, 15) is 9.30 Å². The smallest absolute Gasteiger partial charge is 0.209 e. The molecule has 3 aromatic rings. The molecule has 0 N–H and O–H groups in total. The average Bonchev–Trinajstić information content (AvgIpc) is 2.74. The lowest BCUT2D eigenvalue weighted by Gasteiger charge is -2.09. The van der Waals surface area contributed by atoms with Gasteiger partial charge in [-0.05, 0) is 49.2 Å². The van der Waals surface area contributed by atoms with Gasteiger partial charge in [0, 0.05) is 11.8 Å². The highest BCUT2D eigenvalue weighted by Gasteiger charge is 2.18. The molecule has 2 aromatic heterocycles. The second-order valence-corrected chi connectivity index (χ2v) is 5.22. The summed E-state index contributed by atoms with van der Waals surface area (Å²) in [5.74, 6) is -0.312. The minimum absolute atomic E-state index is 0.125. The minimum Gasteiger partial charge on any atom is -0.278 e. The molecular formula is C16H14FN3O. The molecule has 3 rings (SSSR count). The number of aromatic nitrogens is 2. The normalized spacial score (nSPS) is 11.0. The summed E-state index contributed by atoms with van der Waals surface area (Å²) in [6.45, 7) is 5.95. The first-order chi connectivity index (χ1) is 10.0. The predicted molar refractivity (Wildman–Crippen MR) is 80.3 cm³/mol. The van der Waals surface area contributed by atoms with Crippen LogP contribution < -0.4 is 0 Å². The zero-order chi connectivity index (χ0) is 15.1. The van der Waals surface area contributed by atoms with Gasteiger partial charge in [0.15, 0.2) is 0 Å². The van der Waals surface area contributed by atoms with Crippen molar-refractivity contribution in [2.75, 3.05) is 0 Å². The van der Waals surface area contributed by atoms with Gasteiger partial charge < -0.3 is 0 Å². The maximum Gasteiger partial charge on any atom is 0.209 e. The van der Waals surface area contributed by atoms with Gasteiger partial charge in [0.05, 0.1) is 0 Å². The summed E-state index contributed by atoms with van der Waals surface area (Å²) in [6.07, 6.45) is 1.22. The number of imidazole rings is 1. The van der Waals surface area contributed by atoms with Gasteiger partial charge in [-0.1, -0.05) is 17.7 Å². The largest absolute Gasteiger partial charge is 0.278 e. The van der Waals surface area contributed by atoms with E-state index < -0.39 is 5.82 Å². The molecule has 106 valence electrons. The van der Waals surface area contributed by atoms with E-state index in [4.69, 9.17) is 0 Å². The first-order valence-corrected chi connectivity index (χ1v) is 6.60. The Morgan fingerprint density at radius 2 is 1.81 bits per heavy atom. The van der Waals surface area contributed by atoms with Crippen LogP contribution in [0, 0.1) is 31.5 Å². The fraction of sp³-hybridized carbons (Fsp3) is 0.188. The van der Waals surface area contributed by atoms with Gasteiger partial charge in [-0.25, -0.2) is 9.37 Å². The monoisotopic (exact) mass is 283 g/mol. The van der Waals surface area contributed by atoms with Gasteiger partial charge in [-0.15, -0.1) is 4.91 Å². The zero-order valence-electron chi connectivity index (χ0n) is 12.0. The molecular weight excluding hydrogens is 269 g/mol. The fourth-order valence-electron chi connectivity index (χ4n) is 2.81. The number of halogens is 1. The topological polar surface area (TPSA) is 46.7 Å². The molecule has 2 heterocycles. The lowest BCUT2D eigenvalue weighted by Crippen LogP contribution is -1.91. The Balaban J connectivity index is 2.38. The van der Waals surface area contributed by atoms with Crippen LogP contribution in [-0.2, 0) is 0 Å². The Morgan fingerprint density at radius 1 is 1.14 bits per heavy atom. The van der Waals surface area contributed by atoms with Crippen LogP contribution in [0.5, 0.6) is 0 Å². The van der Waals surface area contributed by atoms with E-state index in [0.29, 0.717) is 11.3 Å². The van der Waals surface area contributed by atoms with Gasteiger partial charge >= 0.3 is 0 Å². The van der Waals surface area contributed by atoms with Crippen LogP contribution in [0.25, 0.3) is 16.9 Å². The molecule has 0 atom stereocenters. The van der Waals surface area contributed by atoms with E-state index in [1.165, 1.54) is 22.7 Å². The SMILES string of the molecule is Cc1cc(C)c(-c2nc3ccc(F)cn3c2N=O)c(C)c1. The summed E-state index contributed by atoms with van der Waals surface area (Å²) in [5.41, 5.74) is 5.04. The third-order valence-corrected chi connectivity index (χ3v) is 3.56. The van der Waals surface area contributed by atoms with E-state index in [-0.39, 0.29) is 5.82 Å². The maximum atomic E-state index is 13.4.